The SMILES string of the molecule is CC(C)(C)C1CCC(C(O)c2cc(Br)c(Cl)s2)CC1. The van der Waals surface area contributed by atoms with E-state index in [1.165, 1.54) is 24.2 Å². The highest BCUT2D eigenvalue weighted by atomic mass is 79.9. The fourth-order valence-corrected chi connectivity index (χ4v) is 4.86. The summed E-state index contributed by atoms with van der Waals surface area (Å²) in [4.78, 5) is 0.996. The summed E-state index contributed by atoms with van der Waals surface area (Å²) in [5.41, 5.74) is 0.394. The molecule has 0 spiro atoms. The largest absolute Gasteiger partial charge is 0.387 e. The zero-order valence-electron chi connectivity index (χ0n) is 11.7. The van der Waals surface area contributed by atoms with Crippen LogP contribution in [0.2, 0.25) is 4.34 Å². The maximum Gasteiger partial charge on any atom is 0.107 e. The van der Waals surface area contributed by atoms with Gasteiger partial charge in [-0.25, -0.2) is 0 Å². The van der Waals surface area contributed by atoms with E-state index in [1.54, 1.807) is 0 Å². The Morgan fingerprint density at radius 3 is 2.32 bits per heavy atom. The molecule has 1 atom stereocenters. The summed E-state index contributed by atoms with van der Waals surface area (Å²) >= 11 is 11.0. The molecule has 0 radical (unpaired) electrons. The van der Waals surface area contributed by atoms with Crippen LogP contribution in [0.15, 0.2) is 10.5 Å². The molecule has 2 rings (SSSR count). The summed E-state index contributed by atoms with van der Waals surface area (Å²) in [6.45, 7) is 6.97. The molecule has 0 saturated heterocycles. The van der Waals surface area contributed by atoms with Gasteiger partial charge in [0.1, 0.15) is 4.34 Å². The van der Waals surface area contributed by atoms with Crippen molar-refractivity contribution < 1.29 is 5.11 Å². The average Bonchev–Trinajstić information content (AvgIpc) is 2.68. The molecular formula is C15H22BrClOS. The summed E-state index contributed by atoms with van der Waals surface area (Å²) in [7, 11) is 0. The van der Waals surface area contributed by atoms with Crippen molar-refractivity contribution in [1.82, 2.24) is 0 Å². The summed E-state index contributed by atoms with van der Waals surface area (Å²) in [5, 5.41) is 10.5. The molecule has 1 aliphatic carbocycles. The lowest BCUT2D eigenvalue weighted by molar-refractivity contribution is 0.0549. The first kappa shape index (κ1) is 15.8. The predicted octanol–water partition coefficient (Wildman–Crippen LogP) is 6.05. The monoisotopic (exact) mass is 364 g/mol. The molecule has 0 aromatic carbocycles. The smallest absolute Gasteiger partial charge is 0.107 e. The van der Waals surface area contributed by atoms with E-state index in [4.69, 9.17) is 11.6 Å². The highest BCUT2D eigenvalue weighted by molar-refractivity contribution is 9.10. The van der Waals surface area contributed by atoms with Crippen molar-refractivity contribution in [3.8, 4) is 0 Å². The second-order valence-electron chi connectivity index (χ2n) is 6.69. The molecule has 1 aliphatic rings. The second-order valence-corrected chi connectivity index (χ2v) is 9.23. The van der Waals surface area contributed by atoms with E-state index in [-0.39, 0.29) is 6.10 Å². The molecule has 1 N–H and O–H groups in total. The zero-order chi connectivity index (χ0) is 14.2. The van der Waals surface area contributed by atoms with Crippen molar-refractivity contribution in [2.45, 2.75) is 52.6 Å². The molecule has 4 heteroatoms. The van der Waals surface area contributed by atoms with E-state index >= 15 is 0 Å². The summed E-state index contributed by atoms with van der Waals surface area (Å²) in [6, 6.07) is 1.97. The third-order valence-electron chi connectivity index (χ3n) is 4.40. The zero-order valence-corrected chi connectivity index (χ0v) is 14.9. The molecule has 1 unspecified atom stereocenters. The lowest BCUT2D eigenvalue weighted by atomic mass is 9.69. The van der Waals surface area contributed by atoms with E-state index in [1.807, 2.05) is 6.07 Å². The summed E-state index contributed by atoms with van der Waals surface area (Å²) in [5.74, 6) is 1.18. The molecule has 1 heterocycles. The van der Waals surface area contributed by atoms with Crippen molar-refractivity contribution in [3.63, 3.8) is 0 Å². The minimum Gasteiger partial charge on any atom is -0.387 e. The number of rotatable bonds is 2. The van der Waals surface area contributed by atoms with Gasteiger partial charge in [-0.1, -0.05) is 32.4 Å². The van der Waals surface area contributed by atoms with Crippen LogP contribution in [-0.2, 0) is 0 Å². The number of hydrogen-bond donors (Lipinski definition) is 1. The Kier molecular flexibility index (Phi) is 5.03. The maximum absolute atomic E-state index is 10.5. The van der Waals surface area contributed by atoms with Crippen molar-refractivity contribution in [3.05, 3.63) is 19.8 Å². The van der Waals surface area contributed by atoms with Crippen molar-refractivity contribution in [2.24, 2.45) is 17.3 Å². The van der Waals surface area contributed by atoms with Gasteiger partial charge in [-0.2, -0.15) is 0 Å². The molecule has 0 bridgehead atoms. The third kappa shape index (κ3) is 3.75. The fraction of sp³-hybridized carbons (Fsp3) is 0.733. The summed E-state index contributed by atoms with van der Waals surface area (Å²) < 4.78 is 1.63. The van der Waals surface area contributed by atoms with E-state index in [2.05, 4.69) is 36.7 Å². The van der Waals surface area contributed by atoms with Crippen LogP contribution in [0.4, 0.5) is 0 Å². The van der Waals surface area contributed by atoms with Gasteiger partial charge in [0, 0.05) is 9.35 Å². The van der Waals surface area contributed by atoms with E-state index in [9.17, 15) is 5.11 Å². The van der Waals surface area contributed by atoms with Gasteiger partial charge in [-0.3, -0.25) is 0 Å². The van der Waals surface area contributed by atoms with Gasteiger partial charge in [0.05, 0.1) is 6.10 Å². The molecular weight excluding hydrogens is 344 g/mol. The number of aliphatic hydroxyl groups is 1. The fourth-order valence-electron chi connectivity index (χ4n) is 3.04. The molecule has 108 valence electrons. The first-order chi connectivity index (χ1) is 8.79. The lowest BCUT2D eigenvalue weighted by Gasteiger charge is -2.38. The highest BCUT2D eigenvalue weighted by Crippen LogP contribution is 2.45. The first-order valence-corrected chi connectivity index (χ1v) is 8.90. The standard InChI is InChI=1S/C15H22BrClOS/c1-15(2,3)10-6-4-9(5-7-10)13(18)12-8-11(16)14(17)19-12/h8-10,13,18H,4-7H2,1-3H3. The molecule has 1 aromatic rings. The van der Waals surface area contributed by atoms with Crippen LogP contribution < -0.4 is 0 Å². The Morgan fingerprint density at radius 2 is 1.89 bits per heavy atom. The van der Waals surface area contributed by atoms with Gasteiger partial charge in [-0.15, -0.1) is 11.3 Å². The van der Waals surface area contributed by atoms with E-state index in [0.29, 0.717) is 11.3 Å². The Bertz CT molecular complexity index is 410. The molecule has 1 aromatic heterocycles. The third-order valence-corrected chi connectivity index (χ3v) is 6.94. The Balaban J connectivity index is 1.98. The topological polar surface area (TPSA) is 20.2 Å². The van der Waals surface area contributed by atoms with Gasteiger partial charge < -0.3 is 5.11 Å². The highest BCUT2D eigenvalue weighted by Gasteiger charge is 2.33. The van der Waals surface area contributed by atoms with Crippen molar-refractivity contribution in [2.75, 3.05) is 0 Å². The number of aliphatic hydroxyl groups excluding tert-OH is 1. The second kappa shape index (κ2) is 6.05. The quantitative estimate of drug-likeness (QED) is 0.676. The van der Waals surface area contributed by atoms with Gasteiger partial charge >= 0.3 is 0 Å². The summed E-state index contributed by atoms with van der Waals surface area (Å²) in [6.07, 6.45) is 4.35. The van der Waals surface area contributed by atoms with Crippen LogP contribution in [0, 0.1) is 17.3 Å². The Morgan fingerprint density at radius 1 is 1.32 bits per heavy atom. The van der Waals surface area contributed by atoms with E-state index in [0.717, 1.165) is 32.4 Å². The van der Waals surface area contributed by atoms with Crippen LogP contribution in [-0.4, -0.2) is 5.11 Å². The van der Waals surface area contributed by atoms with Crippen LogP contribution in [0.5, 0.6) is 0 Å². The molecule has 1 nitrogen and oxygen atoms in total. The minimum atomic E-state index is -0.352. The Labute approximate surface area is 133 Å². The van der Waals surface area contributed by atoms with Gasteiger partial charge in [0.2, 0.25) is 0 Å². The lowest BCUT2D eigenvalue weighted by Crippen LogP contribution is -2.27. The minimum absolute atomic E-state index is 0.352. The molecule has 1 saturated carbocycles. The number of hydrogen-bond acceptors (Lipinski definition) is 2. The molecule has 0 aliphatic heterocycles. The van der Waals surface area contributed by atoms with E-state index < -0.39 is 0 Å². The maximum atomic E-state index is 10.5. The Hall–Kier alpha value is 0.430. The molecule has 0 amide bonds. The first-order valence-electron chi connectivity index (χ1n) is 6.92. The van der Waals surface area contributed by atoms with Gasteiger partial charge in [-0.05, 0) is 64.9 Å². The van der Waals surface area contributed by atoms with Crippen molar-refractivity contribution in [1.29, 1.82) is 0 Å². The van der Waals surface area contributed by atoms with Gasteiger partial charge in [0.25, 0.3) is 0 Å². The number of halogens is 2. The van der Waals surface area contributed by atoms with Crippen molar-refractivity contribution >= 4 is 38.9 Å². The molecule has 1 fully saturated rings. The van der Waals surface area contributed by atoms with Gasteiger partial charge in [0.15, 0.2) is 0 Å². The average molecular weight is 366 g/mol. The normalized spacial score (nSPS) is 26.4. The number of thiophene rings is 1. The van der Waals surface area contributed by atoms with Crippen LogP contribution >= 0.6 is 38.9 Å². The van der Waals surface area contributed by atoms with Crippen LogP contribution in [0.3, 0.4) is 0 Å². The van der Waals surface area contributed by atoms with Crippen LogP contribution in [0.25, 0.3) is 0 Å². The van der Waals surface area contributed by atoms with Crippen LogP contribution in [0.1, 0.15) is 57.4 Å². The molecule has 19 heavy (non-hydrogen) atoms. The predicted molar refractivity (Wildman–Crippen MR) is 86.9 cm³/mol.